The average molecular weight is 978 g/mol. The van der Waals surface area contributed by atoms with Crippen LogP contribution < -0.4 is 28.4 Å². The van der Waals surface area contributed by atoms with Crippen molar-refractivity contribution < 1.29 is 28.1 Å². The second-order valence-electron chi connectivity index (χ2n) is 22.0. The number of anilines is 6. The summed E-state index contributed by atoms with van der Waals surface area (Å²) in [5, 5.41) is 0. The summed E-state index contributed by atoms with van der Waals surface area (Å²) in [6, 6.07) is 68.2. The molecule has 8 heterocycles. The third-order valence-electron chi connectivity index (χ3n) is 17.8. The highest BCUT2D eigenvalue weighted by Crippen LogP contribution is 2.59. The van der Waals surface area contributed by atoms with E-state index in [1.165, 1.54) is 0 Å². The van der Waals surface area contributed by atoms with Crippen molar-refractivity contribution >= 4 is 51.8 Å². The van der Waals surface area contributed by atoms with Crippen LogP contribution in [0.2, 0.25) is 0 Å². The van der Waals surface area contributed by atoms with E-state index in [1.54, 1.807) is 0 Å². The molecule has 362 valence electrons. The number of hydrogen-bond donors (Lipinski definition) is 0. The maximum Gasteiger partial charge on any atom is 0.241 e. The van der Waals surface area contributed by atoms with Gasteiger partial charge >= 0.3 is 0 Å². The van der Waals surface area contributed by atoms with E-state index in [4.69, 9.17) is 0 Å². The molecule has 0 N–H and O–H groups in total. The third-order valence-corrected chi connectivity index (χ3v) is 17.8. The number of rotatable bonds is 5. The molecule has 3 amide bonds. The number of carbonyl (C=O) groups excluding carboxylic acids is 3. The van der Waals surface area contributed by atoms with Crippen molar-refractivity contribution in [3.05, 3.63) is 235 Å². The maximum atomic E-state index is 17.4. The zero-order valence-corrected chi connectivity index (χ0v) is 41.6. The van der Waals surface area contributed by atoms with Gasteiger partial charge in [-0.3, -0.25) is 29.1 Å². The SMILES string of the molecule is CC12CC(C(=O)N(c3ccccc3)c3ccc4c(c3)C[n+]3ccccc3-4)C34Cc5cc(ccc5-c5cccc[n+]53)N(c3ccccc3)C(=O)C(C4)C3(Cc4cc(ccc4-c4cccc[n+]43)N(c3ccccc3)C1=O)C2. The van der Waals surface area contributed by atoms with Crippen molar-refractivity contribution in [2.45, 2.75) is 56.7 Å². The van der Waals surface area contributed by atoms with Crippen LogP contribution in [0.4, 0.5) is 34.1 Å². The molecule has 0 saturated heterocycles. The minimum Gasteiger partial charge on any atom is -0.281 e. The van der Waals surface area contributed by atoms with E-state index in [9.17, 15) is 0 Å². The summed E-state index contributed by atoms with van der Waals surface area (Å²) in [6.07, 6.45) is 8.14. The largest absolute Gasteiger partial charge is 0.281 e. The van der Waals surface area contributed by atoms with E-state index >= 15 is 14.4 Å². The molecule has 0 radical (unpaired) electrons. The molecule has 6 aromatic carbocycles. The van der Waals surface area contributed by atoms with Crippen LogP contribution in [0, 0.1) is 17.3 Å². The van der Waals surface area contributed by atoms with Crippen LogP contribution in [-0.2, 0) is 44.8 Å². The molecule has 8 bridgehead atoms. The lowest BCUT2D eigenvalue weighted by Crippen LogP contribution is -2.75. The predicted octanol–water partition coefficient (Wildman–Crippen LogP) is 11.3. The predicted molar refractivity (Wildman–Crippen MR) is 288 cm³/mol. The second-order valence-corrected chi connectivity index (χ2v) is 22.0. The Bertz CT molecular complexity index is 3880. The molecule has 15 rings (SSSR count). The van der Waals surface area contributed by atoms with Crippen LogP contribution in [0.15, 0.2) is 219 Å². The molecule has 5 atom stereocenters. The molecule has 9 heteroatoms. The fraction of sp³-hybridized carbons (Fsp3) is 0.182. The number of nitrogens with zero attached hydrogens (tertiary/aromatic N) is 6. The Labute approximate surface area is 435 Å². The van der Waals surface area contributed by atoms with Gasteiger partial charge in [-0.15, -0.1) is 0 Å². The molecule has 5 aliphatic heterocycles. The second kappa shape index (κ2) is 16.1. The minimum atomic E-state index is -1.26. The molecule has 9 nitrogen and oxygen atoms in total. The van der Waals surface area contributed by atoms with Gasteiger partial charge in [0.25, 0.3) is 0 Å². The quantitative estimate of drug-likeness (QED) is 0.161. The molecule has 75 heavy (non-hydrogen) atoms. The Morgan fingerprint density at radius 3 is 1.71 bits per heavy atom. The summed E-state index contributed by atoms with van der Waals surface area (Å²) in [6.45, 7) is 2.79. The molecule has 2 spiro atoms. The summed E-state index contributed by atoms with van der Waals surface area (Å²) >= 11 is 0. The van der Waals surface area contributed by atoms with Crippen LogP contribution in [0.1, 0.15) is 42.9 Å². The molecule has 1 aliphatic carbocycles. The Morgan fingerprint density at radius 1 is 0.507 bits per heavy atom. The van der Waals surface area contributed by atoms with Crippen LogP contribution in [0.25, 0.3) is 33.8 Å². The zero-order chi connectivity index (χ0) is 50.2. The first-order chi connectivity index (χ1) is 36.7. The molecule has 1 saturated carbocycles. The van der Waals surface area contributed by atoms with Crippen molar-refractivity contribution in [1.29, 1.82) is 0 Å². The minimum absolute atomic E-state index is 0.0641. The van der Waals surface area contributed by atoms with E-state index in [0.717, 1.165) is 84.6 Å². The molecule has 6 aliphatic rings. The lowest BCUT2D eigenvalue weighted by atomic mass is 9.54. The van der Waals surface area contributed by atoms with E-state index in [0.29, 0.717) is 25.8 Å². The first-order valence-electron chi connectivity index (χ1n) is 26.3. The molecule has 9 aromatic rings. The highest BCUT2D eigenvalue weighted by Gasteiger charge is 2.70. The van der Waals surface area contributed by atoms with Crippen molar-refractivity contribution in [3.8, 4) is 33.8 Å². The summed E-state index contributed by atoms with van der Waals surface area (Å²) < 4.78 is 6.98. The van der Waals surface area contributed by atoms with Gasteiger partial charge in [0.2, 0.25) is 34.8 Å². The van der Waals surface area contributed by atoms with Crippen molar-refractivity contribution in [2.75, 3.05) is 14.7 Å². The number of fused-ring (bicyclic) bond motifs is 11. The monoisotopic (exact) mass is 977 g/mol. The third kappa shape index (κ3) is 6.30. The Morgan fingerprint density at radius 2 is 1.04 bits per heavy atom. The van der Waals surface area contributed by atoms with E-state index in [1.807, 2.05) is 106 Å². The van der Waals surface area contributed by atoms with Crippen LogP contribution in [-0.4, -0.2) is 17.7 Å². The van der Waals surface area contributed by atoms with Crippen LogP contribution in [0.5, 0.6) is 0 Å². The van der Waals surface area contributed by atoms with E-state index in [-0.39, 0.29) is 30.6 Å². The molecular formula is C66H53N6O3+3. The van der Waals surface area contributed by atoms with Gasteiger partial charge in [0, 0.05) is 113 Å². The van der Waals surface area contributed by atoms with E-state index in [2.05, 4.69) is 148 Å². The van der Waals surface area contributed by atoms with Gasteiger partial charge in [0.05, 0.1) is 11.0 Å². The maximum absolute atomic E-state index is 17.4. The number of pyridine rings is 3. The summed E-state index contributed by atoms with van der Waals surface area (Å²) in [7, 11) is 0. The lowest BCUT2D eigenvalue weighted by molar-refractivity contribution is -0.784. The van der Waals surface area contributed by atoms with Crippen molar-refractivity contribution in [1.82, 2.24) is 0 Å². The van der Waals surface area contributed by atoms with Crippen molar-refractivity contribution in [3.63, 3.8) is 0 Å². The van der Waals surface area contributed by atoms with Crippen molar-refractivity contribution in [2.24, 2.45) is 17.3 Å². The normalized spacial score (nSPS) is 23.2. The average Bonchev–Trinajstić information content (AvgIpc) is 3.90. The fourth-order valence-corrected chi connectivity index (χ4v) is 14.7. The lowest BCUT2D eigenvalue weighted by Gasteiger charge is -2.51. The number of para-hydroxylation sites is 3. The fourth-order valence-electron chi connectivity index (χ4n) is 14.7. The number of aromatic nitrogens is 3. The Kier molecular flexibility index (Phi) is 9.38. The number of benzene rings is 6. The smallest absolute Gasteiger partial charge is 0.241 e. The molecule has 1 fully saturated rings. The molecular weight excluding hydrogens is 925 g/mol. The topological polar surface area (TPSA) is 72.6 Å². The highest BCUT2D eigenvalue weighted by atomic mass is 16.2. The standard InChI is InChI=1S/C66H53N6O3/c1-64-40-56(61(73)71(48-19-7-3-8-20-48)51-27-31-55-46(37-51)42-67-32-14-11-23-58(55)67)65-38-44-35-50(26-29-53(44)59-24-12-15-33-68(59)65)70(47-17-5-2-6-18-47)62(74)57(41-65)66(43-64)39-45-36-52(72(63(64)75)49-21-9-4-10-22-49)28-30-54(45)60-25-13-16-34-69(60)66/h2-37,56-57H,38-43H2,1H3/q+3. The van der Waals surface area contributed by atoms with Gasteiger partial charge in [-0.05, 0) is 127 Å². The van der Waals surface area contributed by atoms with Gasteiger partial charge in [0.1, 0.15) is 11.8 Å². The van der Waals surface area contributed by atoms with Crippen LogP contribution >= 0.6 is 0 Å². The molecule has 5 unspecified atom stereocenters. The first-order valence-corrected chi connectivity index (χ1v) is 26.3. The molecule has 3 aromatic heterocycles. The highest BCUT2D eigenvalue weighted by molar-refractivity contribution is 6.08. The van der Waals surface area contributed by atoms with Crippen LogP contribution in [0.3, 0.4) is 0 Å². The van der Waals surface area contributed by atoms with Gasteiger partial charge < -0.3 is 0 Å². The number of carbonyl (C=O) groups is 3. The Hall–Kier alpha value is -8.82. The number of hydrogen-bond acceptors (Lipinski definition) is 3. The van der Waals surface area contributed by atoms with Gasteiger partial charge in [-0.2, -0.15) is 13.7 Å². The Balaban J connectivity index is 1.04. The first kappa shape index (κ1) is 43.7. The van der Waals surface area contributed by atoms with Gasteiger partial charge in [-0.1, -0.05) is 61.5 Å². The summed E-state index contributed by atoms with van der Waals surface area (Å²) in [5.41, 5.74) is 10.9. The van der Waals surface area contributed by atoms with Gasteiger partial charge in [0.15, 0.2) is 36.2 Å². The summed E-state index contributed by atoms with van der Waals surface area (Å²) in [4.78, 5) is 57.3. The summed E-state index contributed by atoms with van der Waals surface area (Å²) in [5.74, 6) is -1.92. The number of amides is 3. The zero-order valence-electron chi connectivity index (χ0n) is 41.6. The van der Waals surface area contributed by atoms with Gasteiger partial charge in [-0.25, -0.2) is 0 Å². The van der Waals surface area contributed by atoms with E-state index < -0.39 is 28.3 Å².